The molecule has 0 aliphatic carbocycles. The summed E-state index contributed by atoms with van der Waals surface area (Å²) >= 11 is 0. The van der Waals surface area contributed by atoms with Crippen molar-refractivity contribution >= 4 is 11.9 Å². The second-order valence-electron chi connectivity index (χ2n) is 8.57. The van der Waals surface area contributed by atoms with E-state index in [0.29, 0.717) is 37.5 Å². The molecule has 0 heterocycles. The first-order valence-corrected chi connectivity index (χ1v) is 10.5. The van der Waals surface area contributed by atoms with Gasteiger partial charge in [-0.15, -0.1) is 0 Å². The number of rotatable bonds is 14. The van der Waals surface area contributed by atoms with Gasteiger partial charge in [-0.2, -0.15) is 0 Å². The zero-order chi connectivity index (χ0) is 21.7. The highest BCUT2D eigenvalue weighted by molar-refractivity contribution is 5.98. The van der Waals surface area contributed by atoms with E-state index in [1.54, 1.807) is 0 Å². The molecule has 0 spiro atoms. The van der Waals surface area contributed by atoms with Crippen LogP contribution in [0.2, 0.25) is 0 Å². The van der Waals surface area contributed by atoms with Crippen LogP contribution in [0.15, 0.2) is 34.4 Å². The number of hydrogen-bond acceptors (Lipinski definition) is 2. The van der Waals surface area contributed by atoms with Gasteiger partial charge >= 0.3 is 11.9 Å². The van der Waals surface area contributed by atoms with Gasteiger partial charge in [-0.3, -0.25) is 0 Å². The Balaban J connectivity index is 4.92. The number of carboxylic acids is 2. The van der Waals surface area contributed by atoms with E-state index in [1.807, 2.05) is 0 Å². The van der Waals surface area contributed by atoms with Gasteiger partial charge in [-0.25, -0.2) is 9.59 Å². The van der Waals surface area contributed by atoms with Crippen LogP contribution < -0.4 is 0 Å². The Kier molecular flexibility index (Phi) is 13.3. The number of hydrogen-bond donors (Lipinski definition) is 2. The first kappa shape index (κ1) is 26.2. The highest BCUT2D eigenvalue weighted by atomic mass is 16.4. The summed E-state index contributed by atoms with van der Waals surface area (Å²) in [5, 5.41) is 19.2. The van der Waals surface area contributed by atoms with E-state index in [-0.39, 0.29) is 11.1 Å². The molecule has 0 fully saturated rings. The van der Waals surface area contributed by atoms with Crippen molar-refractivity contribution in [1.82, 2.24) is 0 Å². The highest BCUT2D eigenvalue weighted by Gasteiger charge is 2.21. The third-order valence-electron chi connectivity index (χ3n) is 5.08. The lowest BCUT2D eigenvalue weighted by molar-refractivity contribution is -0.136. The van der Waals surface area contributed by atoms with Crippen LogP contribution in [0.3, 0.4) is 0 Å². The summed E-state index contributed by atoms with van der Waals surface area (Å²) in [5.74, 6) is -1.46. The van der Waals surface area contributed by atoms with Gasteiger partial charge in [0.05, 0.1) is 0 Å². The fourth-order valence-corrected chi connectivity index (χ4v) is 3.16. The van der Waals surface area contributed by atoms with Crippen LogP contribution in [0, 0.1) is 11.8 Å². The lowest BCUT2D eigenvalue weighted by Gasteiger charge is -2.15. The highest BCUT2D eigenvalue weighted by Crippen LogP contribution is 2.24. The Bertz CT molecular complexity index is 536. The Hall–Kier alpha value is -1.84. The molecule has 4 heteroatoms. The van der Waals surface area contributed by atoms with E-state index < -0.39 is 11.9 Å². The third-order valence-corrected chi connectivity index (χ3v) is 5.08. The van der Waals surface area contributed by atoms with E-state index in [4.69, 9.17) is 0 Å². The van der Waals surface area contributed by atoms with E-state index in [2.05, 4.69) is 53.7 Å². The molecule has 0 aliphatic rings. The van der Waals surface area contributed by atoms with E-state index in [0.717, 1.165) is 25.7 Å². The first-order valence-electron chi connectivity index (χ1n) is 10.5. The molecule has 2 N–H and O–H groups in total. The molecule has 0 saturated heterocycles. The van der Waals surface area contributed by atoms with Crippen molar-refractivity contribution in [2.45, 2.75) is 92.9 Å². The molecule has 28 heavy (non-hydrogen) atoms. The standard InChI is InChI=1S/C24H40O4/c1-17(2)9-7-11-19(5)13-15-21(23(25)26)22(24(27)28)16-14-20(6)12-8-10-18(3)4/h9-10,19-20H,7-8,11-16H2,1-6H3,(H,25,26)(H,27,28). The number of aliphatic carboxylic acids is 2. The van der Waals surface area contributed by atoms with Gasteiger partial charge in [-0.1, -0.05) is 37.1 Å². The molecule has 0 aromatic heterocycles. The molecule has 0 aromatic rings. The summed E-state index contributed by atoms with van der Waals surface area (Å²) < 4.78 is 0. The van der Waals surface area contributed by atoms with E-state index in [9.17, 15) is 19.8 Å². The largest absolute Gasteiger partial charge is 0.478 e. The van der Waals surface area contributed by atoms with Gasteiger partial charge in [0.1, 0.15) is 0 Å². The van der Waals surface area contributed by atoms with Gasteiger partial charge in [0.2, 0.25) is 0 Å². The Morgan fingerprint density at radius 3 is 1.25 bits per heavy atom. The lowest BCUT2D eigenvalue weighted by atomic mass is 9.90. The number of carbonyl (C=O) groups is 2. The normalized spacial score (nSPS) is 13.9. The number of allylic oxidation sites excluding steroid dienone is 4. The van der Waals surface area contributed by atoms with Gasteiger partial charge in [0, 0.05) is 11.1 Å². The maximum Gasteiger partial charge on any atom is 0.332 e. The Morgan fingerprint density at radius 2 is 1.00 bits per heavy atom. The van der Waals surface area contributed by atoms with Gasteiger partial charge in [-0.05, 0) is 90.9 Å². The van der Waals surface area contributed by atoms with Crippen molar-refractivity contribution in [3.05, 3.63) is 34.4 Å². The monoisotopic (exact) mass is 392 g/mol. The molecule has 0 aliphatic heterocycles. The van der Waals surface area contributed by atoms with Crippen LogP contribution in [0.25, 0.3) is 0 Å². The molecular formula is C24H40O4. The van der Waals surface area contributed by atoms with Crippen LogP contribution in [-0.4, -0.2) is 22.2 Å². The molecule has 0 aromatic carbocycles. The SMILES string of the molecule is CC(C)=CCCC(C)CCC(C(=O)O)=C(CCC(C)CCC=C(C)C)C(=O)O. The molecule has 0 radical (unpaired) electrons. The number of carboxylic acid groups (broad SMARTS) is 2. The van der Waals surface area contributed by atoms with Crippen LogP contribution in [0.5, 0.6) is 0 Å². The fraction of sp³-hybridized carbons (Fsp3) is 0.667. The van der Waals surface area contributed by atoms with E-state index in [1.165, 1.54) is 11.1 Å². The van der Waals surface area contributed by atoms with Crippen molar-refractivity contribution in [3.63, 3.8) is 0 Å². The van der Waals surface area contributed by atoms with Crippen molar-refractivity contribution < 1.29 is 19.8 Å². The molecule has 2 unspecified atom stereocenters. The molecule has 0 rings (SSSR count). The molecule has 160 valence electrons. The van der Waals surface area contributed by atoms with Crippen LogP contribution in [0.1, 0.15) is 92.9 Å². The fourth-order valence-electron chi connectivity index (χ4n) is 3.16. The second-order valence-corrected chi connectivity index (χ2v) is 8.57. The minimum Gasteiger partial charge on any atom is -0.478 e. The van der Waals surface area contributed by atoms with E-state index >= 15 is 0 Å². The maximum atomic E-state index is 11.7. The summed E-state index contributed by atoms with van der Waals surface area (Å²) in [4.78, 5) is 23.4. The minimum atomic E-state index is -1.09. The van der Waals surface area contributed by atoms with Crippen molar-refractivity contribution in [3.8, 4) is 0 Å². The topological polar surface area (TPSA) is 74.6 Å². The van der Waals surface area contributed by atoms with Gasteiger partial charge in [0.25, 0.3) is 0 Å². The predicted molar refractivity (Wildman–Crippen MR) is 116 cm³/mol. The summed E-state index contributed by atoms with van der Waals surface area (Å²) in [6, 6.07) is 0. The first-order chi connectivity index (χ1) is 13.0. The Labute approximate surface area is 171 Å². The van der Waals surface area contributed by atoms with Crippen molar-refractivity contribution in [2.75, 3.05) is 0 Å². The van der Waals surface area contributed by atoms with Gasteiger partial charge in [0.15, 0.2) is 0 Å². The zero-order valence-corrected chi connectivity index (χ0v) is 18.7. The zero-order valence-electron chi connectivity index (χ0n) is 18.7. The lowest BCUT2D eigenvalue weighted by Crippen LogP contribution is -2.13. The van der Waals surface area contributed by atoms with Crippen LogP contribution in [-0.2, 0) is 9.59 Å². The van der Waals surface area contributed by atoms with Gasteiger partial charge < -0.3 is 10.2 Å². The minimum absolute atomic E-state index is 0.0815. The molecule has 0 amide bonds. The van der Waals surface area contributed by atoms with Crippen molar-refractivity contribution in [2.24, 2.45) is 11.8 Å². The summed E-state index contributed by atoms with van der Waals surface area (Å²) in [6.07, 6.45) is 10.3. The average molecular weight is 393 g/mol. The predicted octanol–water partition coefficient (Wildman–Crippen LogP) is 6.78. The second kappa shape index (κ2) is 14.2. The summed E-state index contributed by atoms with van der Waals surface area (Å²) in [5.41, 5.74) is 2.73. The quantitative estimate of drug-likeness (QED) is 0.252. The van der Waals surface area contributed by atoms with Crippen LogP contribution in [0.4, 0.5) is 0 Å². The maximum absolute atomic E-state index is 11.7. The average Bonchev–Trinajstić information content (AvgIpc) is 2.56. The molecular weight excluding hydrogens is 352 g/mol. The summed E-state index contributed by atoms with van der Waals surface area (Å²) in [6.45, 7) is 12.5. The molecule has 0 saturated carbocycles. The third kappa shape index (κ3) is 12.5. The molecule has 2 atom stereocenters. The molecule has 4 nitrogen and oxygen atoms in total. The summed E-state index contributed by atoms with van der Waals surface area (Å²) in [7, 11) is 0. The smallest absolute Gasteiger partial charge is 0.332 e. The van der Waals surface area contributed by atoms with Crippen molar-refractivity contribution in [1.29, 1.82) is 0 Å². The molecule has 0 bridgehead atoms. The van der Waals surface area contributed by atoms with Crippen LogP contribution >= 0.6 is 0 Å². The Morgan fingerprint density at radius 1 is 0.679 bits per heavy atom.